The minimum absolute atomic E-state index is 0.192. The Morgan fingerprint density at radius 1 is 1.20 bits per heavy atom. The lowest BCUT2D eigenvalue weighted by atomic mass is 9.74. The highest BCUT2D eigenvalue weighted by Gasteiger charge is 2.47. The van der Waals surface area contributed by atoms with Crippen molar-refractivity contribution >= 4 is 23.3 Å². The number of aliphatic carboxylic acids is 1. The predicted molar refractivity (Wildman–Crippen MR) is 107 cm³/mol. The molecule has 7 heteroatoms. The fourth-order valence-electron chi connectivity index (χ4n) is 3.90. The number of halogens is 1. The normalized spacial score (nSPS) is 18.9. The monoisotopic (exact) mass is 406 g/mol. The first-order chi connectivity index (χ1) is 14.3. The average molecular weight is 406 g/mol. The SMILES string of the molecule is CC(=O)C1=C(C)N(c2cccc(CF)c2)C(=O)C(C(=O)O)C1c1ccc(C#N)cc1. The van der Waals surface area contributed by atoms with Gasteiger partial charge in [0.15, 0.2) is 5.78 Å². The molecule has 152 valence electrons. The van der Waals surface area contributed by atoms with Gasteiger partial charge in [-0.05, 0) is 49.2 Å². The van der Waals surface area contributed by atoms with Crippen LogP contribution in [0.2, 0.25) is 0 Å². The van der Waals surface area contributed by atoms with E-state index in [-0.39, 0.29) is 11.4 Å². The Bertz CT molecular complexity index is 1100. The van der Waals surface area contributed by atoms with Gasteiger partial charge in [0.1, 0.15) is 12.6 Å². The van der Waals surface area contributed by atoms with Gasteiger partial charge in [-0.25, -0.2) is 4.39 Å². The first kappa shape index (κ1) is 20.9. The van der Waals surface area contributed by atoms with E-state index in [1.165, 1.54) is 30.0 Å². The largest absolute Gasteiger partial charge is 0.481 e. The van der Waals surface area contributed by atoms with Crippen molar-refractivity contribution < 1.29 is 23.9 Å². The quantitative estimate of drug-likeness (QED) is 0.763. The first-order valence-corrected chi connectivity index (χ1v) is 9.23. The van der Waals surface area contributed by atoms with Gasteiger partial charge in [0.2, 0.25) is 5.91 Å². The van der Waals surface area contributed by atoms with Crippen LogP contribution < -0.4 is 4.90 Å². The van der Waals surface area contributed by atoms with Crippen LogP contribution in [0.15, 0.2) is 59.8 Å². The number of hydrogen-bond donors (Lipinski definition) is 1. The molecule has 2 unspecified atom stereocenters. The number of hydrogen-bond acceptors (Lipinski definition) is 4. The van der Waals surface area contributed by atoms with E-state index in [0.717, 1.165) is 0 Å². The highest BCUT2D eigenvalue weighted by molar-refractivity contribution is 6.13. The number of rotatable bonds is 5. The van der Waals surface area contributed by atoms with Crippen LogP contribution in [0.1, 0.15) is 36.5 Å². The number of ketones is 1. The average Bonchev–Trinajstić information content (AvgIpc) is 2.73. The molecule has 2 aromatic rings. The molecule has 0 spiro atoms. The van der Waals surface area contributed by atoms with Gasteiger partial charge < -0.3 is 5.11 Å². The molecule has 1 amide bonds. The van der Waals surface area contributed by atoms with E-state index < -0.39 is 30.4 Å². The van der Waals surface area contributed by atoms with Gasteiger partial charge in [-0.15, -0.1) is 0 Å². The summed E-state index contributed by atoms with van der Waals surface area (Å²) in [6.45, 7) is 2.15. The number of benzene rings is 2. The molecule has 0 saturated carbocycles. The number of carbonyl (C=O) groups excluding carboxylic acids is 2. The number of amides is 1. The van der Waals surface area contributed by atoms with Crippen LogP contribution in [-0.4, -0.2) is 22.8 Å². The maximum absolute atomic E-state index is 13.3. The van der Waals surface area contributed by atoms with E-state index in [0.29, 0.717) is 28.1 Å². The molecule has 0 aliphatic carbocycles. The number of Topliss-reactive ketones (excluding diaryl/α,β-unsaturated/α-hetero) is 1. The van der Waals surface area contributed by atoms with Gasteiger partial charge >= 0.3 is 5.97 Å². The minimum Gasteiger partial charge on any atom is -0.481 e. The maximum atomic E-state index is 13.3. The molecule has 0 fully saturated rings. The molecular weight excluding hydrogens is 387 g/mol. The standard InChI is InChI=1S/C23H19FN2O4/c1-13-19(14(2)27)20(17-8-6-15(12-25)7-9-17)21(23(29)30)22(28)26(13)18-5-3-4-16(10-18)11-24/h3-10,20-21H,11H2,1-2H3,(H,29,30). The highest BCUT2D eigenvalue weighted by atomic mass is 19.1. The summed E-state index contributed by atoms with van der Waals surface area (Å²) in [5, 5.41) is 18.9. The number of anilines is 1. The second-order valence-corrected chi connectivity index (χ2v) is 7.06. The van der Waals surface area contributed by atoms with Gasteiger partial charge in [-0.3, -0.25) is 19.3 Å². The van der Waals surface area contributed by atoms with Crippen molar-refractivity contribution in [2.24, 2.45) is 5.92 Å². The summed E-state index contributed by atoms with van der Waals surface area (Å²) in [7, 11) is 0. The topological polar surface area (TPSA) is 98.5 Å². The lowest BCUT2D eigenvalue weighted by Crippen LogP contribution is -2.47. The number of carbonyl (C=O) groups is 3. The Morgan fingerprint density at radius 3 is 2.40 bits per heavy atom. The van der Waals surface area contributed by atoms with Crippen molar-refractivity contribution in [3.63, 3.8) is 0 Å². The summed E-state index contributed by atoms with van der Waals surface area (Å²) < 4.78 is 13.1. The number of nitriles is 1. The molecule has 1 aliphatic rings. The summed E-state index contributed by atoms with van der Waals surface area (Å²) in [5.74, 6) is -5.00. The van der Waals surface area contributed by atoms with Crippen LogP contribution in [0.4, 0.5) is 10.1 Å². The fraction of sp³-hybridized carbons (Fsp3) is 0.217. The molecular formula is C23H19FN2O4. The first-order valence-electron chi connectivity index (χ1n) is 9.23. The Morgan fingerprint density at radius 2 is 1.87 bits per heavy atom. The van der Waals surface area contributed by atoms with Crippen molar-refractivity contribution in [1.29, 1.82) is 5.26 Å². The highest BCUT2D eigenvalue weighted by Crippen LogP contribution is 2.42. The van der Waals surface area contributed by atoms with Gasteiger partial charge in [0, 0.05) is 22.9 Å². The second-order valence-electron chi connectivity index (χ2n) is 7.06. The van der Waals surface area contributed by atoms with Crippen molar-refractivity contribution in [2.45, 2.75) is 26.4 Å². The minimum atomic E-state index is -1.55. The van der Waals surface area contributed by atoms with Crippen molar-refractivity contribution in [2.75, 3.05) is 4.90 Å². The molecule has 0 bridgehead atoms. The molecule has 3 rings (SSSR count). The number of carboxylic acid groups (broad SMARTS) is 1. The molecule has 30 heavy (non-hydrogen) atoms. The maximum Gasteiger partial charge on any atom is 0.317 e. The molecule has 0 aromatic heterocycles. The number of allylic oxidation sites excluding steroid dienone is 2. The molecule has 6 nitrogen and oxygen atoms in total. The molecule has 0 saturated heterocycles. The van der Waals surface area contributed by atoms with Crippen LogP contribution in [0.5, 0.6) is 0 Å². The lowest BCUT2D eigenvalue weighted by molar-refractivity contribution is -0.147. The second kappa shape index (κ2) is 8.29. The van der Waals surface area contributed by atoms with Gasteiger partial charge in [-0.1, -0.05) is 24.3 Å². The summed E-state index contributed by atoms with van der Waals surface area (Å²) in [4.78, 5) is 39.2. The summed E-state index contributed by atoms with van der Waals surface area (Å²) in [6, 6.07) is 14.3. The van der Waals surface area contributed by atoms with E-state index in [2.05, 4.69) is 0 Å². The van der Waals surface area contributed by atoms with Crippen LogP contribution in [0, 0.1) is 17.2 Å². The van der Waals surface area contributed by atoms with Gasteiger partial charge in [-0.2, -0.15) is 5.26 Å². The lowest BCUT2D eigenvalue weighted by Gasteiger charge is -2.38. The third-order valence-corrected chi connectivity index (χ3v) is 5.22. The van der Waals surface area contributed by atoms with E-state index >= 15 is 0 Å². The molecule has 1 heterocycles. The molecule has 2 aromatic carbocycles. The summed E-state index contributed by atoms with van der Waals surface area (Å²) in [6.07, 6.45) is 0. The smallest absolute Gasteiger partial charge is 0.317 e. The van der Waals surface area contributed by atoms with Gasteiger partial charge in [0.25, 0.3) is 0 Å². The van der Waals surface area contributed by atoms with E-state index in [1.54, 1.807) is 37.3 Å². The zero-order chi connectivity index (χ0) is 22.0. The molecule has 0 radical (unpaired) electrons. The van der Waals surface area contributed by atoms with E-state index in [4.69, 9.17) is 5.26 Å². The van der Waals surface area contributed by atoms with Crippen molar-refractivity contribution in [3.8, 4) is 6.07 Å². The molecule has 2 atom stereocenters. The van der Waals surface area contributed by atoms with Crippen LogP contribution in [0.3, 0.4) is 0 Å². The Balaban J connectivity index is 2.25. The zero-order valence-corrected chi connectivity index (χ0v) is 16.4. The van der Waals surface area contributed by atoms with Gasteiger partial charge in [0.05, 0.1) is 11.6 Å². The van der Waals surface area contributed by atoms with E-state index in [9.17, 15) is 23.9 Å². The number of alkyl halides is 1. The Labute approximate surface area is 172 Å². The number of carboxylic acids is 1. The number of nitrogens with zero attached hydrogens (tertiary/aromatic N) is 2. The summed E-state index contributed by atoms with van der Waals surface area (Å²) in [5.41, 5.74) is 1.96. The molecule has 1 N–H and O–H groups in total. The fourth-order valence-corrected chi connectivity index (χ4v) is 3.90. The third kappa shape index (κ3) is 3.60. The Kier molecular flexibility index (Phi) is 5.79. The molecule has 1 aliphatic heterocycles. The van der Waals surface area contributed by atoms with Crippen LogP contribution in [0.25, 0.3) is 0 Å². The third-order valence-electron chi connectivity index (χ3n) is 5.22. The van der Waals surface area contributed by atoms with E-state index in [1.807, 2.05) is 6.07 Å². The summed E-state index contributed by atoms with van der Waals surface area (Å²) >= 11 is 0. The zero-order valence-electron chi connectivity index (χ0n) is 16.4. The predicted octanol–water partition coefficient (Wildman–Crippen LogP) is 3.72. The van der Waals surface area contributed by atoms with Crippen molar-refractivity contribution in [3.05, 3.63) is 76.5 Å². The van der Waals surface area contributed by atoms with Crippen LogP contribution in [-0.2, 0) is 21.1 Å². The Hall–Kier alpha value is -3.79. The van der Waals surface area contributed by atoms with Crippen LogP contribution >= 0.6 is 0 Å². The van der Waals surface area contributed by atoms with Crippen molar-refractivity contribution in [1.82, 2.24) is 0 Å².